The van der Waals surface area contributed by atoms with Crippen molar-refractivity contribution in [3.05, 3.63) is 0 Å². The molecule has 82 valence electrons. The largest absolute Gasteiger partial charge is 0.328 e. The molecule has 0 aromatic heterocycles. The Bertz CT molecular complexity index is 177. The fourth-order valence-electron chi connectivity index (χ4n) is 2.88. The zero-order chi connectivity index (χ0) is 9.97. The Kier molecular flexibility index (Phi) is 3.45. The third kappa shape index (κ3) is 2.48. The van der Waals surface area contributed by atoms with Crippen molar-refractivity contribution < 1.29 is 0 Å². The van der Waals surface area contributed by atoms with Crippen molar-refractivity contribution in [3.8, 4) is 0 Å². The van der Waals surface area contributed by atoms with E-state index in [9.17, 15) is 0 Å². The summed E-state index contributed by atoms with van der Waals surface area (Å²) in [6.45, 7) is 1.29. The Morgan fingerprint density at radius 3 is 2.43 bits per heavy atom. The van der Waals surface area contributed by atoms with E-state index in [-0.39, 0.29) is 0 Å². The maximum atomic E-state index is 6.00. The Labute approximate surface area is 87.8 Å². The SMILES string of the molecule is CN(CC1CCCC(N)C1)C1CCC1. The number of nitrogens with zero attached hydrogens (tertiary/aromatic N) is 1. The van der Waals surface area contributed by atoms with Crippen LogP contribution in [-0.4, -0.2) is 30.6 Å². The average Bonchev–Trinajstić information content (AvgIpc) is 1.99. The number of nitrogens with two attached hydrogens (primary N) is 1. The molecule has 0 bridgehead atoms. The van der Waals surface area contributed by atoms with Crippen molar-refractivity contribution in [2.75, 3.05) is 13.6 Å². The molecule has 2 aliphatic rings. The van der Waals surface area contributed by atoms with Crippen LogP contribution in [-0.2, 0) is 0 Å². The fraction of sp³-hybridized carbons (Fsp3) is 1.00. The number of hydrogen-bond acceptors (Lipinski definition) is 2. The van der Waals surface area contributed by atoms with Gasteiger partial charge in [-0.3, -0.25) is 0 Å². The standard InChI is InChI=1S/C12H24N2/c1-14(12-6-3-7-12)9-10-4-2-5-11(13)8-10/h10-12H,2-9,13H2,1H3. The summed E-state index contributed by atoms with van der Waals surface area (Å²) in [5.41, 5.74) is 6.00. The van der Waals surface area contributed by atoms with E-state index in [4.69, 9.17) is 5.73 Å². The van der Waals surface area contributed by atoms with Crippen LogP contribution in [0, 0.1) is 5.92 Å². The summed E-state index contributed by atoms with van der Waals surface area (Å²) in [6, 6.07) is 1.39. The molecule has 2 saturated carbocycles. The second-order valence-corrected chi connectivity index (χ2v) is 5.32. The average molecular weight is 196 g/mol. The predicted molar refractivity (Wildman–Crippen MR) is 60.2 cm³/mol. The van der Waals surface area contributed by atoms with Crippen LogP contribution in [0.25, 0.3) is 0 Å². The van der Waals surface area contributed by atoms with Gasteiger partial charge in [0.2, 0.25) is 0 Å². The Balaban J connectivity index is 1.72. The van der Waals surface area contributed by atoms with E-state index in [1.54, 1.807) is 0 Å². The van der Waals surface area contributed by atoms with Gasteiger partial charge in [-0.15, -0.1) is 0 Å². The second-order valence-electron chi connectivity index (χ2n) is 5.32. The smallest absolute Gasteiger partial charge is 0.00923 e. The van der Waals surface area contributed by atoms with Crippen LogP contribution in [0.5, 0.6) is 0 Å². The van der Waals surface area contributed by atoms with Gasteiger partial charge in [-0.2, -0.15) is 0 Å². The Morgan fingerprint density at radius 2 is 1.86 bits per heavy atom. The molecule has 2 unspecified atom stereocenters. The summed E-state index contributed by atoms with van der Waals surface area (Å²) in [6.07, 6.45) is 9.57. The molecule has 0 amide bonds. The minimum atomic E-state index is 0.489. The molecule has 2 N–H and O–H groups in total. The Morgan fingerprint density at radius 1 is 1.14 bits per heavy atom. The van der Waals surface area contributed by atoms with Gasteiger partial charge in [0, 0.05) is 18.6 Å². The minimum absolute atomic E-state index is 0.489. The van der Waals surface area contributed by atoms with Crippen LogP contribution in [0.4, 0.5) is 0 Å². The van der Waals surface area contributed by atoms with E-state index in [0.29, 0.717) is 6.04 Å². The van der Waals surface area contributed by atoms with Gasteiger partial charge in [0.05, 0.1) is 0 Å². The van der Waals surface area contributed by atoms with Crippen LogP contribution in [0.3, 0.4) is 0 Å². The molecule has 0 aliphatic heterocycles. The molecule has 0 aromatic carbocycles. The molecule has 2 aliphatic carbocycles. The van der Waals surface area contributed by atoms with Gasteiger partial charge in [0.25, 0.3) is 0 Å². The van der Waals surface area contributed by atoms with Gasteiger partial charge in [-0.05, 0) is 45.1 Å². The first kappa shape index (κ1) is 10.4. The molecule has 2 rings (SSSR count). The van der Waals surface area contributed by atoms with Gasteiger partial charge < -0.3 is 10.6 Å². The topological polar surface area (TPSA) is 29.3 Å². The first-order valence-corrected chi connectivity index (χ1v) is 6.21. The lowest BCUT2D eigenvalue weighted by Crippen LogP contribution is -2.42. The highest BCUT2D eigenvalue weighted by molar-refractivity contribution is 4.82. The van der Waals surface area contributed by atoms with E-state index in [0.717, 1.165) is 12.0 Å². The molecule has 2 atom stereocenters. The van der Waals surface area contributed by atoms with Crippen molar-refractivity contribution in [1.29, 1.82) is 0 Å². The van der Waals surface area contributed by atoms with Gasteiger partial charge in [0.15, 0.2) is 0 Å². The quantitative estimate of drug-likeness (QED) is 0.748. The lowest BCUT2D eigenvalue weighted by molar-refractivity contribution is 0.123. The third-order valence-electron chi connectivity index (χ3n) is 4.07. The first-order chi connectivity index (χ1) is 6.75. The van der Waals surface area contributed by atoms with Crippen molar-refractivity contribution in [3.63, 3.8) is 0 Å². The van der Waals surface area contributed by atoms with Gasteiger partial charge in [0.1, 0.15) is 0 Å². The molecule has 0 spiro atoms. The number of hydrogen-bond donors (Lipinski definition) is 1. The van der Waals surface area contributed by atoms with Crippen molar-refractivity contribution in [1.82, 2.24) is 4.90 Å². The normalized spacial score (nSPS) is 34.5. The van der Waals surface area contributed by atoms with Crippen molar-refractivity contribution in [2.24, 2.45) is 11.7 Å². The summed E-state index contributed by atoms with van der Waals surface area (Å²) in [7, 11) is 2.30. The molecule has 2 heteroatoms. The third-order valence-corrected chi connectivity index (χ3v) is 4.07. The summed E-state index contributed by atoms with van der Waals surface area (Å²) in [4.78, 5) is 2.58. The molecule has 2 nitrogen and oxygen atoms in total. The monoisotopic (exact) mass is 196 g/mol. The highest BCUT2D eigenvalue weighted by Gasteiger charge is 2.26. The van der Waals surface area contributed by atoms with E-state index < -0.39 is 0 Å². The van der Waals surface area contributed by atoms with Crippen molar-refractivity contribution >= 4 is 0 Å². The zero-order valence-corrected chi connectivity index (χ0v) is 9.41. The lowest BCUT2D eigenvalue weighted by atomic mass is 9.84. The summed E-state index contributed by atoms with van der Waals surface area (Å²) < 4.78 is 0. The van der Waals surface area contributed by atoms with Gasteiger partial charge >= 0.3 is 0 Å². The summed E-state index contributed by atoms with van der Waals surface area (Å²) in [5, 5.41) is 0. The number of rotatable bonds is 3. The molecular formula is C12H24N2. The highest BCUT2D eigenvalue weighted by Crippen LogP contribution is 2.28. The maximum absolute atomic E-state index is 6.00. The highest BCUT2D eigenvalue weighted by atomic mass is 15.1. The van der Waals surface area contributed by atoms with Crippen molar-refractivity contribution in [2.45, 2.75) is 57.0 Å². The van der Waals surface area contributed by atoms with Crippen LogP contribution < -0.4 is 5.73 Å². The molecule has 0 saturated heterocycles. The summed E-state index contributed by atoms with van der Waals surface area (Å²) in [5.74, 6) is 0.879. The maximum Gasteiger partial charge on any atom is 0.00923 e. The molecule has 2 fully saturated rings. The van der Waals surface area contributed by atoms with E-state index >= 15 is 0 Å². The molecule has 14 heavy (non-hydrogen) atoms. The minimum Gasteiger partial charge on any atom is -0.328 e. The molecule has 0 aromatic rings. The summed E-state index contributed by atoms with van der Waals surface area (Å²) >= 11 is 0. The second kappa shape index (κ2) is 4.63. The fourth-order valence-corrected chi connectivity index (χ4v) is 2.88. The van der Waals surface area contributed by atoms with Gasteiger partial charge in [-0.25, -0.2) is 0 Å². The van der Waals surface area contributed by atoms with E-state index in [1.807, 2.05) is 0 Å². The molecular weight excluding hydrogens is 172 g/mol. The van der Waals surface area contributed by atoms with Crippen LogP contribution in [0.2, 0.25) is 0 Å². The van der Waals surface area contributed by atoms with Crippen LogP contribution >= 0.6 is 0 Å². The van der Waals surface area contributed by atoms with E-state index in [2.05, 4.69) is 11.9 Å². The van der Waals surface area contributed by atoms with Crippen LogP contribution in [0.1, 0.15) is 44.9 Å². The zero-order valence-electron chi connectivity index (χ0n) is 9.41. The van der Waals surface area contributed by atoms with Gasteiger partial charge in [-0.1, -0.05) is 12.8 Å². The van der Waals surface area contributed by atoms with E-state index in [1.165, 1.54) is 51.5 Å². The molecule has 0 heterocycles. The first-order valence-electron chi connectivity index (χ1n) is 6.21. The van der Waals surface area contributed by atoms with Crippen LogP contribution in [0.15, 0.2) is 0 Å². The predicted octanol–water partition coefficient (Wildman–Crippen LogP) is 1.99. The molecule has 0 radical (unpaired) electrons. The lowest BCUT2D eigenvalue weighted by Gasteiger charge is -2.38. The Hall–Kier alpha value is -0.0800.